The summed E-state index contributed by atoms with van der Waals surface area (Å²) in [7, 11) is -3.40. The van der Waals surface area contributed by atoms with E-state index >= 15 is 0 Å². The first-order chi connectivity index (χ1) is 11.1. The number of amides is 1. The summed E-state index contributed by atoms with van der Waals surface area (Å²) in [6.45, 7) is 0.820. The van der Waals surface area contributed by atoms with Crippen molar-refractivity contribution in [2.24, 2.45) is 0 Å². The molecule has 2 aromatic heterocycles. The fourth-order valence-corrected chi connectivity index (χ4v) is 5.15. The summed E-state index contributed by atoms with van der Waals surface area (Å²) in [4.78, 5) is 16.1. The van der Waals surface area contributed by atoms with Gasteiger partial charge in [-0.05, 0) is 36.4 Å². The number of hydrogen-bond donors (Lipinski definition) is 1. The van der Waals surface area contributed by atoms with Crippen molar-refractivity contribution in [3.63, 3.8) is 0 Å². The maximum absolute atomic E-state index is 12.4. The monoisotopic (exact) mass is 351 g/mol. The number of hydrogen-bond acceptors (Lipinski definition) is 5. The minimum atomic E-state index is -3.40. The first-order valence-corrected chi connectivity index (χ1v) is 9.65. The van der Waals surface area contributed by atoms with E-state index in [0.29, 0.717) is 35.8 Å². The van der Waals surface area contributed by atoms with E-state index in [9.17, 15) is 13.2 Å². The Hall–Kier alpha value is -1.77. The van der Waals surface area contributed by atoms with E-state index in [1.807, 2.05) is 0 Å². The second kappa shape index (κ2) is 6.77. The molecule has 1 amide bonds. The van der Waals surface area contributed by atoms with Crippen LogP contribution in [0.4, 0.5) is 0 Å². The number of rotatable bonds is 4. The molecule has 122 valence electrons. The van der Waals surface area contributed by atoms with Crippen molar-refractivity contribution < 1.29 is 13.2 Å². The van der Waals surface area contributed by atoms with Gasteiger partial charge in [0.25, 0.3) is 15.9 Å². The van der Waals surface area contributed by atoms with Crippen LogP contribution in [0.15, 0.2) is 46.1 Å². The van der Waals surface area contributed by atoms with E-state index in [-0.39, 0.29) is 11.9 Å². The van der Waals surface area contributed by atoms with Crippen molar-refractivity contribution in [3.8, 4) is 0 Å². The summed E-state index contributed by atoms with van der Waals surface area (Å²) in [6.07, 6.45) is 2.78. The molecule has 0 radical (unpaired) electrons. The van der Waals surface area contributed by atoms with Crippen LogP contribution >= 0.6 is 11.3 Å². The van der Waals surface area contributed by atoms with E-state index in [0.717, 1.165) is 0 Å². The van der Waals surface area contributed by atoms with Gasteiger partial charge in [0, 0.05) is 25.3 Å². The number of aromatic nitrogens is 1. The Morgan fingerprint density at radius 1 is 1.22 bits per heavy atom. The van der Waals surface area contributed by atoms with Crippen LogP contribution in [-0.4, -0.2) is 42.7 Å². The van der Waals surface area contributed by atoms with Gasteiger partial charge in [-0.15, -0.1) is 11.3 Å². The lowest BCUT2D eigenvalue weighted by atomic mass is 10.1. The van der Waals surface area contributed by atoms with E-state index in [2.05, 4.69) is 10.3 Å². The second-order valence-corrected chi connectivity index (χ2v) is 8.41. The van der Waals surface area contributed by atoms with Crippen molar-refractivity contribution in [1.29, 1.82) is 0 Å². The van der Waals surface area contributed by atoms with Gasteiger partial charge in [-0.1, -0.05) is 12.1 Å². The molecule has 3 heterocycles. The minimum Gasteiger partial charge on any atom is -0.348 e. The molecule has 0 unspecified atom stereocenters. The zero-order chi connectivity index (χ0) is 16.3. The number of sulfonamides is 1. The molecule has 0 bridgehead atoms. The fraction of sp³-hybridized carbons (Fsp3) is 0.333. The van der Waals surface area contributed by atoms with E-state index in [4.69, 9.17) is 0 Å². The number of nitrogens with zero attached hydrogens (tertiary/aromatic N) is 2. The molecule has 3 rings (SSSR count). The molecular weight excluding hydrogens is 334 g/mol. The molecule has 2 aromatic rings. The minimum absolute atomic E-state index is 0.0284. The lowest BCUT2D eigenvalue weighted by Gasteiger charge is -2.31. The van der Waals surface area contributed by atoms with Crippen LogP contribution in [0.5, 0.6) is 0 Å². The van der Waals surface area contributed by atoms with Crippen molar-refractivity contribution >= 4 is 27.3 Å². The van der Waals surface area contributed by atoms with Gasteiger partial charge in [-0.25, -0.2) is 8.42 Å². The second-order valence-electron chi connectivity index (χ2n) is 5.30. The van der Waals surface area contributed by atoms with Crippen molar-refractivity contribution in [1.82, 2.24) is 14.6 Å². The lowest BCUT2D eigenvalue weighted by molar-refractivity contribution is 0.0919. The summed E-state index contributed by atoms with van der Waals surface area (Å²) in [5, 5.41) is 4.68. The van der Waals surface area contributed by atoms with Gasteiger partial charge in [0.1, 0.15) is 9.90 Å². The Kier molecular flexibility index (Phi) is 4.74. The topological polar surface area (TPSA) is 79.4 Å². The fourth-order valence-electron chi connectivity index (χ4n) is 2.53. The van der Waals surface area contributed by atoms with Crippen LogP contribution in [0.2, 0.25) is 0 Å². The zero-order valence-electron chi connectivity index (χ0n) is 12.4. The Morgan fingerprint density at radius 2 is 2.00 bits per heavy atom. The maximum Gasteiger partial charge on any atom is 0.270 e. The van der Waals surface area contributed by atoms with Crippen molar-refractivity contribution in [2.45, 2.75) is 23.1 Å². The third kappa shape index (κ3) is 3.60. The van der Waals surface area contributed by atoms with Gasteiger partial charge >= 0.3 is 0 Å². The number of piperidine rings is 1. The number of carbonyl (C=O) groups excluding carboxylic acids is 1. The van der Waals surface area contributed by atoms with Crippen LogP contribution in [0.3, 0.4) is 0 Å². The molecule has 0 spiro atoms. The first-order valence-electron chi connectivity index (χ1n) is 7.33. The van der Waals surface area contributed by atoms with Crippen LogP contribution < -0.4 is 5.32 Å². The van der Waals surface area contributed by atoms with Gasteiger partial charge in [0.05, 0.1) is 0 Å². The van der Waals surface area contributed by atoms with Crippen LogP contribution in [0, 0.1) is 0 Å². The summed E-state index contributed by atoms with van der Waals surface area (Å²) in [6, 6.07) is 8.50. The molecule has 0 aliphatic carbocycles. The van der Waals surface area contributed by atoms with E-state index in [1.165, 1.54) is 15.6 Å². The van der Waals surface area contributed by atoms with Gasteiger partial charge in [0.15, 0.2) is 0 Å². The largest absolute Gasteiger partial charge is 0.348 e. The molecular formula is C15H17N3O3S2. The van der Waals surface area contributed by atoms with Crippen LogP contribution in [-0.2, 0) is 10.0 Å². The highest BCUT2D eigenvalue weighted by Gasteiger charge is 2.30. The highest BCUT2D eigenvalue weighted by Crippen LogP contribution is 2.24. The molecule has 1 saturated heterocycles. The average Bonchev–Trinajstić information content (AvgIpc) is 3.11. The van der Waals surface area contributed by atoms with Gasteiger partial charge in [0.2, 0.25) is 0 Å². The Morgan fingerprint density at radius 3 is 2.61 bits per heavy atom. The molecule has 6 nitrogen and oxygen atoms in total. The lowest BCUT2D eigenvalue weighted by Crippen LogP contribution is -2.46. The quantitative estimate of drug-likeness (QED) is 0.910. The standard InChI is InChI=1S/C15H17N3O3S2/c19-15(13-4-1-2-8-16-13)17-12-6-9-18(10-7-12)23(20,21)14-5-3-11-22-14/h1-5,8,11-12H,6-7,9-10H2,(H,17,19). The SMILES string of the molecule is O=C(NC1CCN(S(=O)(=O)c2cccs2)CC1)c1ccccn1. The van der Waals surface area contributed by atoms with Gasteiger partial charge in [-0.3, -0.25) is 9.78 Å². The molecule has 1 aliphatic heterocycles. The number of pyridine rings is 1. The molecule has 0 aromatic carbocycles. The molecule has 8 heteroatoms. The Labute approximate surface area is 139 Å². The summed E-state index contributed by atoms with van der Waals surface area (Å²) < 4.78 is 26.7. The van der Waals surface area contributed by atoms with Gasteiger partial charge < -0.3 is 5.32 Å². The van der Waals surface area contributed by atoms with Crippen molar-refractivity contribution in [2.75, 3.05) is 13.1 Å². The number of carbonyl (C=O) groups is 1. The molecule has 0 atom stereocenters. The Bertz CT molecular complexity index is 753. The summed E-state index contributed by atoms with van der Waals surface area (Å²) >= 11 is 1.22. The smallest absolute Gasteiger partial charge is 0.270 e. The molecule has 0 saturated carbocycles. The number of nitrogens with one attached hydrogen (secondary N) is 1. The highest BCUT2D eigenvalue weighted by atomic mass is 32.2. The first kappa shape index (κ1) is 16.1. The van der Waals surface area contributed by atoms with Gasteiger partial charge in [-0.2, -0.15) is 4.31 Å². The molecule has 1 aliphatic rings. The number of thiophene rings is 1. The average molecular weight is 351 g/mol. The van der Waals surface area contributed by atoms with Crippen LogP contribution in [0.25, 0.3) is 0 Å². The Balaban J connectivity index is 1.58. The summed E-state index contributed by atoms with van der Waals surface area (Å²) in [5.41, 5.74) is 0.376. The summed E-state index contributed by atoms with van der Waals surface area (Å²) in [5.74, 6) is -0.217. The normalized spacial score (nSPS) is 17.0. The van der Waals surface area contributed by atoms with E-state index < -0.39 is 10.0 Å². The van der Waals surface area contributed by atoms with Crippen LogP contribution in [0.1, 0.15) is 23.3 Å². The predicted molar refractivity (Wildman–Crippen MR) is 87.8 cm³/mol. The third-order valence-corrected chi connectivity index (χ3v) is 7.05. The molecule has 23 heavy (non-hydrogen) atoms. The third-order valence-electron chi connectivity index (χ3n) is 3.78. The predicted octanol–water partition coefficient (Wildman–Crippen LogP) is 1.73. The highest BCUT2D eigenvalue weighted by molar-refractivity contribution is 7.91. The van der Waals surface area contributed by atoms with Crippen molar-refractivity contribution in [3.05, 3.63) is 47.6 Å². The zero-order valence-corrected chi connectivity index (χ0v) is 14.0. The molecule has 1 N–H and O–H groups in total. The van der Waals surface area contributed by atoms with E-state index in [1.54, 1.807) is 41.9 Å². The molecule has 1 fully saturated rings. The maximum atomic E-state index is 12.4.